The predicted octanol–water partition coefficient (Wildman–Crippen LogP) is 0.800. The summed E-state index contributed by atoms with van der Waals surface area (Å²) in [4.78, 5) is 14.2. The van der Waals surface area contributed by atoms with Gasteiger partial charge in [0.2, 0.25) is 0 Å². The lowest BCUT2D eigenvalue weighted by Gasteiger charge is -2.31. The molecule has 0 radical (unpaired) electrons. The third kappa shape index (κ3) is 2.72. The average molecular weight is 250 g/mol. The molecule has 1 aliphatic rings. The molecule has 1 saturated heterocycles. The summed E-state index contributed by atoms with van der Waals surface area (Å²) in [7, 11) is 3.85. The van der Waals surface area contributed by atoms with Crippen molar-refractivity contribution in [3.05, 3.63) is 17.5 Å². The van der Waals surface area contributed by atoms with Crippen molar-refractivity contribution >= 4 is 5.91 Å². The number of nitrogens with zero attached hydrogens (tertiary/aromatic N) is 3. The van der Waals surface area contributed by atoms with E-state index < -0.39 is 0 Å². The van der Waals surface area contributed by atoms with Gasteiger partial charge in [-0.2, -0.15) is 5.10 Å². The molecule has 2 heterocycles. The maximum absolute atomic E-state index is 12.3. The number of rotatable bonds is 3. The topological polar surface area (TPSA) is 50.2 Å². The van der Waals surface area contributed by atoms with E-state index in [9.17, 15) is 4.79 Å². The Labute approximate surface area is 108 Å². The highest BCUT2D eigenvalue weighted by Crippen LogP contribution is 2.18. The van der Waals surface area contributed by atoms with Crippen molar-refractivity contribution in [3.63, 3.8) is 0 Å². The molecule has 5 heteroatoms. The van der Waals surface area contributed by atoms with Crippen molar-refractivity contribution in [2.24, 2.45) is 13.0 Å². The number of piperidine rings is 1. The van der Waals surface area contributed by atoms with Crippen molar-refractivity contribution < 1.29 is 4.79 Å². The third-order valence-electron chi connectivity index (χ3n) is 3.73. The molecule has 100 valence electrons. The molecule has 2 rings (SSSR count). The minimum Gasteiger partial charge on any atom is -0.337 e. The Balaban J connectivity index is 1.95. The van der Waals surface area contributed by atoms with Gasteiger partial charge in [-0.3, -0.25) is 9.48 Å². The van der Waals surface area contributed by atoms with Gasteiger partial charge in [0.05, 0.1) is 0 Å². The Morgan fingerprint density at radius 2 is 2.17 bits per heavy atom. The van der Waals surface area contributed by atoms with Crippen LogP contribution in [-0.4, -0.2) is 47.3 Å². The summed E-state index contributed by atoms with van der Waals surface area (Å²) in [6.45, 7) is 4.70. The van der Waals surface area contributed by atoms with Crippen LogP contribution in [0.5, 0.6) is 0 Å². The molecule has 5 nitrogen and oxygen atoms in total. The lowest BCUT2D eigenvalue weighted by molar-refractivity contribution is 0.0684. The maximum Gasteiger partial charge on any atom is 0.274 e. The SMILES string of the molecule is CNCC1CCN(C(=O)c2cc(C)n(C)n2)CC1. The van der Waals surface area contributed by atoms with E-state index in [1.165, 1.54) is 0 Å². The first-order chi connectivity index (χ1) is 8.61. The van der Waals surface area contributed by atoms with E-state index in [0.29, 0.717) is 11.6 Å². The van der Waals surface area contributed by atoms with Crippen LogP contribution in [0.15, 0.2) is 6.07 Å². The summed E-state index contributed by atoms with van der Waals surface area (Å²) < 4.78 is 1.75. The number of hydrogen-bond acceptors (Lipinski definition) is 3. The molecular formula is C13H22N4O. The molecule has 0 atom stereocenters. The monoisotopic (exact) mass is 250 g/mol. The Morgan fingerprint density at radius 1 is 1.50 bits per heavy atom. The molecule has 1 N–H and O–H groups in total. The lowest BCUT2D eigenvalue weighted by Crippen LogP contribution is -2.40. The molecule has 0 aromatic carbocycles. The van der Waals surface area contributed by atoms with Gasteiger partial charge in [-0.1, -0.05) is 0 Å². The largest absolute Gasteiger partial charge is 0.337 e. The van der Waals surface area contributed by atoms with E-state index in [-0.39, 0.29) is 5.91 Å². The predicted molar refractivity (Wildman–Crippen MR) is 70.5 cm³/mol. The van der Waals surface area contributed by atoms with E-state index in [2.05, 4.69) is 10.4 Å². The van der Waals surface area contributed by atoms with Gasteiger partial charge in [0.15, 0.2) is 5.69 Å². The summed E-state index contributed by atoms with van der Waals surface area (Å²) in [5.74, 6) is 0.770. The van der Waals surface area contributed by atoms with Gasteiger partial charge in [-0.05, 0) is 45.3 Å². The van der Waals surface area contributed by atoms with Crippen LogP contribution in [0.2, 0.25) is 0 Å². The Kier molecular flexibility index (Phi) is 4.01. The molecule has 0 aliphatic carbocycles. The molecular weight excluding hydrogens is 228 g/mol. The second-order valence-corrected chi connectivity index (χ2v) is 5.09. The zero-order valence-corrected chi connectivity index (χ0v) is 11.4. The first-order valence-electron chi connectivity index (χ1n) is 6.56. The first kappa shape index (κ1) is 13.1. The normalized spacial score (nSPS) is 17.2. The van der Waals surface area contributed by atoms with E-state index in [0.717, 1.165) is 38.2 Å². The number of aryl methyl sites for hydroxylation is 2. The molecule has 1 aromatic heterocycles. The lowest BCUT2D eigenvalue weighted by atomic mass is 9.96. The molecule has 1 aromatic rings. The standard InChI is InChI=1S/C13H22N4O/c1-10-8-12(15-16(10)3)13(18)17-6-4-11(5-7-17)9-14-2/h8,11,14H,4-7,9H2,1-3H3. The fourth-order valence-corrected chi connectivity index (χ4v) is 2.46. The fraction of sp³-hybridized carbons (Fsp3) is 0.692. The summed E-state index contributed by atoms with van der Waals surface area (Å²) in [5.41, 5.74) is 1.59. The van der Waals surface area contributed by atoms with Gasteiger partial charge in [-0.15, -0.1) is 0 Å². The van der Waals surface area contributed by atoms with Crippen LogP contribution in [0, 0.1) is 12.8 Å². The molecule has 0 bridgehead atoms. The van der Waals surface area contributed by atoms with Crippen LogP contribution in [0.25, 0.3) is 0 Å². The highest BCUT2D eigenvalue weighted by Gasteiger charge is 2.24. The van der Waals surface area contributed by atoms with Crippen molar-refractivity contribution in [2.45, 2.75) is 19.8 Å². The maximum atomic E-state index is 12.3. The van der Waals surface area contributed by atoms with Crippen molar-refractivity contribution in [1.29, 1.82) is 0 Å². The van der Waals surface area contributed by atoms with Crippen LogP contribution in [-0.2, 0) is 7.05 Å². The molecule has 0 spiro atoms. The summed E-state index contributed by atoms with van der Waals surface area (Å²) in [5, 5.41) is 7.46. The molecule has 18 heavy (non-hydrogen) atoms. The molecule has 1 amide bonds. The molecule has 1 fully saturated rings. The highest BCUT2D eigenvalue weighted by molar-refractivity contribution is 5.92. The number of amides is 1. The van der Waals surface area contributed by atoms with Crippen LogP contribution in [0.4, 0.5) is 0 Å². The molecule has 0 unspecified atom stereocenters. The summed E-state index contributed by atoms with van der Waals surface area (Å²) in [6.07, 6.45) is 2.16. The zero-order chi connectivity index (χ0) is 13.1. The van der Waals surface area contributed by atoms with Gasteiger partial charge in [-0.25, -0.2) is 0 Å². The van der Waals surface area contributed by atoms with Crippen LogP contribution < -0.4 is 5.32 Å². The molecule has 0 saturated carbocycles. The Bertz CT molecular complexity index is 399. The van der Waals surface area contributed by atoms with E-state index in [4.69, 9.17) is 0 Å². The highest BCUT2D eigenvalue weighted by atomic mass is 16.2. The van der Waals surface area contributed by atoms with Gasteiger partial charge < -0.3 is 10.2 Å². The number of hydrogen-bond donors (Lipinski definition) is 1. The fourth-order valence-electron chi connectivity index (χ4n) is 2.46. The molecule has 1 aliphatic heterocycles. The van der Waals surface area contributed by atoms with E-state index in [1.807, 2.05) is 32.0 Å². The first-order valence-corrected chi connectivity index (χ1v) is 6.56. The minimum absolute atomic E-state index is 0.0709. The summed E-state index contributed by atoms with van der Waals surface area (Å²) >= 11 is 0. The van der Waals surface area contributed by atoms with E-state index in [1.54, 1.807) is 4.68 Å². The van der Waals surface area contributed by atoms with Crippen molar-refractivity contribution in [2.75, 3.05) is 26.7 Å². The van der Waals surface area contributed by atoms with Crippen molar-refractivity contribution in [1.82, 2.24) is 20.0 Å². The van der Waals surface area contributed by atoms with Gasteiger partial charge >= 0.3 is 0 Å². The second kappa shape index (κ2) is 5.52. The zero-order valence-electron chi connectivity index (χ0n) is 11.4. The van der Waals surface area contributed by atoms with Crippen molar-refractivity contribution in [3.8, 4) is 0 Å². The third-order valence-corrected chi connectivity index (χ3v) is 3.73. The van der Waals surface area contributed by atoms with Gasteiger partial charge in [0.1, 0.15) is 0 Å². The Morgan fingerprint density at radius 3 is 2.67 bits per heavy atom. The number of likely N-dealkylation sites (tertiary alicyclic amines) is 1. The quantitative estimate of drug-likeness (QED) is 0.863. The minimum atomic E-state index is 0.0709. The van der Waals surface area contributed by atoms with Crippen LogP contribution in [0.3, 0.4) is 0 Å². The van der Waals surface area contributed by atoms with Crippen LogP contribution in [0.1, 0.15) is 29.0 Å². The van der Waals surface area contributed by atoms with Gasteiger partial charge in [0.25, 0.3) is 5.91 Å². The number of aromatic nitrogens is 2. The summed E-state index contributed by atoms with van der Waals surface area (Å²) in [6, 6.07) is 1.86. The van der Waals surface area contributed by atoms with E-state index >= 15 is 0 Å². The average Bonchev–Trinajstić information content (AvgIpc) is 2.70. The number of carbonyl (C=O) groups is 1. The van der Waals surface area contributed by atoms with Gasteiger partial charge in [0, 0.05) is 25.8 Å². The smallest absolute Gasteiger partial charge is 0.274 e. The van der Waals surface area contributed by atoms with Crippen LogP contribution >= 0.6 is 0 Å². The Hall–Kier alpha value is -1.36. The second-order valence-electron chi connectivity index (χ2n) is 5.09. The number of carbonyl (C=O) groups excluding carboxylic acids is 1. The number of nitrogens with one attached hydrogen (secondary N) is 1.